The van der Waals surface area contributed by atoms with Crippen LogP contribution in [0.15, 0.2) is 18.2 Å². The average Bonchev–Trinajstić information content (AvgIpc) is 2.65. The van der Waals surface area contributed by atoms with Crippen LogP contribution >= 0.6 is 11.6 Å². The second-order valence-electron chi connectivity index (χ2n) is 5.35. The van der Waals surface area contributed by atoms with Crippen LogP contribution in [0.4, 0.5) is 5.69 Å². The van der Waals surface area contributed by atoms with Gasteiger partial charge in [0, 0.05) is 18.1 Å². The molecule has 2 nitrogen and oxygen atoms in total. The topological polar surface area (TPSA) is 27.0 Å². The summed E-state index contributed by atoms with van der Waals surface area (Å²) in [7, 11) is 0. The largest absolute Gasteiger partial charge is 0.370 e. The van der Waals surface area contributed by atoms with E-state index < -0.39 is 0 Å². The highest BCUT2D eigenvalue weighted by Gasteiger charge is 2.18. The van der Waals surface area contributed by atoms with E-state index in [1.807, 2.05) is 12.1 Å². The summed E-state index contributed by atoms with van der Waals surface area (Å²) >= 11 is 6.08. The van der Waals surface area contributed by atoms with Crippen LogP contribution in [0.2, 0.25) is 5.02 Å². The van der Waals surface area contributed by atoms with Gasteiger partial charge in [0.05, 0.1) is 11.3 Å². The summed E-state index contributed by atoms with van der Waals surface area (Å²) in [6.07, 6.45) is 6.35. The second-order valence-corrected chi connectivity index (χ2v) is 5.78. The van der Waals surface area contributed by atoms with Gasteiger partial charge in [0.2, 0.25) is 0 Å². The maximum Gasteiger partial charge on any atom is 0.101 e. The van der Waals surface area contributed by atoms with Crippen LogP contribution in [-0.4, -0.2) is 13.1 Å². The number of benzene rings is 1. The molecule has 1 aromatic rings. The zero-order chi connectivity index (χ0) is 13.7. The van der Waals surface area contributed by atoms with Gasteiger partial charge in [-0.2, -0.15) is 5.26 Å². The van der Waals surface area contributed by atoms with Crippen molar-refractivity contribution in [1.82, 2.24) is 0 Å². The Bertz CT molecular complexity index is 464. The molecular formula is C16H21ClN2. The summed E-state index contributed by atoms with van der Waals surface area (Å²) in [4.78, 5) is 2.33. The first-order valence-corrected chi connectivity index (χ1v) is 7.57. The maximum absolute atomic E-state index is 9.23. The molecule has 1 aromatic carbocycles. The van der Waals surface area contributed by atoms with Crippen LogP contribution in [0.3, 0.4) is 0 Å². The quantitative estimate of drug-likeness (QED) is 0.805. The zero-order valence-corrected chi connectivity index (χ0v) is 12.3. The maximum atomic E-state index is 9.23. The van der Waals surface area contributed by atoms with E-state index >= 15 is 0 Å². The van der Waals surface area contributed by atoms with E-state index in [1.54, 1.807) is 6.07 Å². The van der Waals surface area contributed by atoms with Crippen LogP contribution in [0, 0.1) is 17.2 Å². The lowest BCUT2D eigenvalue weighted by atomic mass is 9.96. The van der Waals surface area contributed by atoms with Gasteiger partial charge in [0.1, 0.15) is 6.07 Å². The van der Waals surface area contributed by atoms with Crippen molar-refractivity contribution in [3.8, 4) is 6.07 Å². The van der Waals surface area contributed by atoms with Gasteiger partial charge >= 0.3 is 0 Å². The molecule has 0 aliphatic carbocycles. The molecule has 2 rings (SSSR count). The molecule has 1 heterocycles. The van der Waals surface area contributed by atoms with E-state index in [9.17, 15) is 5.26 Å². The number of nitriles is 1. The molecule has 1 unspecified atom stereocenters. The zero-order valence-electron chi connectivity index (χ0n) is 11.5. The number of nitrogens with zero attached hydrogens (tertiary/aromatic N) is 2. The lowest BCUT2D eigenvalue weighted by Crippen LogP contribution is -2.25. The Labute approximate surface area is 121 Å². The number of hydrogen-bond donors (Lipinski definition) is 0. The molecule has 1 saturated heterocycles. The predicted molar refractivity (Wildman–Crippen MR) is 80.6 cm³/mol. The Balaban J connectivity index is 2.14. The van der Waals surface area contributed by atoms with E-state index in [0.29, 0.717) is 5.02 Å². The smallest absolute Gasteiger partial charge is 0.101 e. The molecule has 0 aromatic heterocycles. The third-order valence-electron chi connectivity index (χ3n) is 3.97. The molecule has 0 amide bonds. The minimum Gasteiger partial charge on any atom is -0.370 e. The van der Waals surface area contributed by atoms with Crippen LogP contribution in [0.25, 0.3) is 0 Å². The third kappa shape index (κ3) is 3.64. The average molecular weight is 277 g/mol. The number of halogens is 1. The fourth-order valence-corrected chi connectivity index (χ4v) is 3.13. The Morgan fingerprint density at radius 2 is 2.21 bits per heavy atom. The summed E-state index contributed by atoms with van der Waals surface area (Å²) in [6, 6.07) is 7.83. The molecule has 0 spiro atoms. The van der Waals surface area contributed by atoms with E-state index in [4.69, 9.17) is 11.6 Å². The summed E-state index contributed by atoms with van der Waals surface area (Å²) in [5, 5.41) is 9.94. The molecule has 0 radical (unpaired) electrons. The van der Waals surface area contributed by atoms with Crippen LogP contribution < -0.4 is 4.90 Å². The van der Waals surface area contributed by atoms with E-state index in [-0.39, 0.29) is 0 Å². The molecule has 1 fully saturated rings. The molecule has 1 atom stereocenters. The van der Waals surface area contributed by atoms with Crippen molar-refractivity contribution < 1.29 is 0 Å². The van der Waals surface area contributed by atoms with Crippen LogP contribution in [0.5, 0.6) is 0 Å². The molecular weight excluding hydrogens is 256 g/mol. The van der Waals surface area contributed by atoms with Gasteiger partial charge in [-0.05, 0) is 43.4 Å². The molecule has 1 aliphatic heterocycles. The van der Waals surface area contributed by atoms with Gasteiger partial charge in [0.25, 0.3) is 0 Å². The van der Waals surface area contributed by atoms with Crippen LogP contribution in [0.1, 0.15) is 44.6 Å². The molecule has 0 saturated carbocycles. The highest BCUT2D eigenvalue weighted by Crippen LogP contribution is 2.29. The van der Waals surface area contributed by atoms with Gasteiger partial charge in [-0.25, -0.2) is 0 Å². The Morgan fingerprint density at radius 1 is 1.37 bits per heavy atom. The highest BCUT2D eigenvalue weighted by atomic mass is 35.5. The minimum absolute atomic E-state index is 0.711. The van der Waals surface area contributed by atoms with Crippen LogP contribution in [-0.2, 0) is 0 Å². The lowest BCUT2D eigenvalue weighted by Gasteiger charge is -2.24. The fourth-order valence-electron chi connectivity index (χ4n) is 2.96. The molecule has 0 bridgehead atoms. The predicted octanol–water partition coefficient (Wildman–Crippen LogP) is 4.62. The summed E-state index contributed by atoms with van der Waals surface area (Å²) in [6.45, 7) is 4.34. The van der Waals surface area contributed by atoms with Crippen molar-refractivity contribution in [3.63, 3.8) is 0 Å². The normalized spacial score (nSPS) is 19.8. The van der Waals surface area contributed by atoms with Crippen molar-refractivity contribution in [2.45, 2.75) is 39.0 Å². The number of rotatable bonds is 3. The first-order chi connectivity index (χ1) is 9.24. The Hall–Kier alpha value is -1.20. The molecule has 3 heteroatoms. The van der Waals surface area contributed by atoms with E-state index in [0.717, 1.165) is 30.3 Å². The Morgan fingerprint density at radius 3 is 2.95 bits per heavy atom. The number of hydrogen-bond acceptors (Lipinski definition) is 2. The number of anilines is 1. The second kappa shape index (κ2) is 6.82. The van der Waals surface area contributed by atoms with Crippen molar-refractivity contribution in [1.29, 1.82) is 5.26 Å². The summed E-state index contributed by atoms with van der Waals surface area (Å²) in [5.41, 5.74) is 1.74. The van der Waals surface area contributed by atoms with Gasteiger partial charge in [-0.3, -0.25) is 0 Å². The minimum atomic E-state index is 0.711. The summed E-state index contributed by atoms with van der Waals surface area (Å²) in [5.74, 6) is 0.847. The molecule has 102 valence electrons. The van der Waals surface area contributed by atoms with Crippen molar-refractivity contribution >= 4 is 17.3 Å². The standard InChI is InChI=1S/C16H21ClN2/c1-2-4-13-5-3-9-19(10-8-13)16-11-15(17)7-6-14(16)12-18/h6-7,11,13H,2-5,8-10H2,1H3. The van der Waals surface area contributed by atoms with Gasteiger partial charge in [-0.15, -0.1) is 0 Å². The van der Waals surface area contributed by atoms with Gasteiger partial charge < -0.3 is 4.90 Å². The fraction of sp³-hybridized carbons (Fsp3) is 0.562. The third-order valence-corrected chi connectivity index (χ3v) is 4.20. The molecule has 1 aliphatic rings. The van der Waals surface area contributed by atoms with Gasteiger partial charge in [0.15, 0.2) is 0 Å². The highest BCUT2D eigenvalue weighted by molar-refractivity contribution is 6.30. The molecule has 19 heavy (non-hydrogen) atoms. The van der Waals surface area contributed by atoms with E-state index in [2.05, 4.69) is 17.9 Å². The summed E-state index contributed by atoms with van der Waals surface area (Å²) < 4.78 is 0. The SMILES string of the molecule is CCCC1CCCN(c2cc(Cl)ccc2C#N)CC1. The van der Waals surface area contributed by atoms with Crippen molar-refractivity contribution in [2.24, 2.45) is 5.92 Å². The van der Waals surface area contributed by atoms with E-state index in [1.165, 1.54) is 32.1 Å². The van der Waals surface area contributed by atoms with Crippen molar-refractivity contribution in [2.75, 3.05) is 18.0 Å². The molecule has 0 N–H and O–H groups in total. The van der Waals surface area contributed by atoms with Gasteiger partial charge in [-0.1, -0.05) is 31.4 Å². The van der Waals surface area contributed by atoms with Crippen molar-refractivity contribution in [3.05, 3.63) is 28.8 Å². The first-order valence-electron chi connectivity index (χ1n) is 7.19. The lowest BCUT2D eigenvalue weighted by molar-refractivity contribution is 0.435. The monoisotopic (exact) mass is 276 g/mol. The first kappa shape index (κ1) is 14.2. The Kier molecular flexibility index (Phi) is 5.10.